The number of aromatic nitrogens is 1. The van der Waals surface area contributed by atoms with E-state index in [0.717, 1.165) is 55.8 Å². The van der Waals surface area contributed by atoms with Crippen LogP contribution in [0.15, 0.2) is 247 Å². The average molecular weight is 829 g/mol. The van der Waals surface area contributed by atoms with Gasteiger partial charge in [-0.1, -0.05) is 164 Å². The lowest BCUT2D eigenvalue weighted by Gasteiger charge is -2.28. The van der Waals surface area contributed by atoms with Crippen LogP contribution in [0.25, 0.3) is 104 Å². The first-order valence-corrected chi connectivity index (χ1v) is 22.2. The molecule has 0 unspecified atom stereocenters. The van der Waals surface area contributed by atoms with Crippen LogP contribution in [0.4, 0.5) is 17.1 Å². The van der Waals surface area contributed by atoms with Crippen molar-refractivity contribution in [2.75, 3.05) is 4.90 Å². The van der Waals surface area contributed by atoms with E-state index >= 15 is 0 Å². The molecule has 0 bridgehead atoms. The molecule has 0 amide bonds. The maximum Gasteiger partial charge on any atom is 0.136 e. The summed E-state index contributed by atoms with van der Waals surface area (Å²) in [6.45, 7) is 0. The fraction of sp³-hybridized carbons (Fsp3) is 0. The molecule has 13 rings (SSSR count). The van der Waals surface area contributed by atoms with Crippen molar-refractivity contribution in [2.45, 2.75) is 0 Å². The van der Waals surface area contributed by atoms with E-state index in [4.69, 9.17) is 4.42 Å². The van der Waals surface area contributed by atoms with Gasteiger partial charge in [0.2, 0.25) is 0 Å². The largest absolute Gasteiger partial charge is 0.456 e. The van der Waals surface area contributed by atoms with Gasteiger partial charge >= 0.3 is 0 Å². The van der Waals surface area contributed by atoms with Gasteiger partial charge in [-0.25, -0.2) is 0 Å². The van der Waals surface area contributed by atoms with E-state index in [-0.39, 0.29) is 0 Å². The first-order chi connectivity index (χ1) is 32.2. The number of anilines is 3. The van der Waals surface area contributed by atoms with Crippen LogP contribution < -0.4 is 4.90 Å². The minimum Gasteiger partial charge on any atom is -0.456 e. The molecule has 0 aliphatic carbocycles. The van der Waals surface area contributed by atoms with Crippen molar-refractivity contribution in [3.8, 4) is 39.1 Å². The molecule has 11 aromatic carbocycles. The van der Waals surface area contributed by atoms with Crippen molar-refractivity contribution >= 4 is 82.4 Å². The number of benzene rings is 11. The maximum atomic E-state index is 6.25. The van der Waals surface area contributed by atoms with E-state index < -0.39 is 0 Å². The minimum absolute atomic E-state index is 0.910. The number of rotatable bonds is 7. The van der Waals surface area contributed by atoms with Crippen LogP contribution in [-0.2, 0) is 0 Å². The standard InChI is InChI=1S/C62H40N2O/c1-2-13-42(14-3-1)53-17-4-8-21-58(53)63(48-31-27-41(28-32-48)43-15-12-16-49(38-43)64-59-22-9-5-18-54(59)55-19-6-10-23-60(55)64)50-33-36-52-47(39-50)26-25-46-37-44(29-34-51(46)52)45-30-35-57-56-20-7-11-24-61(56)65-62(57)40-45/h1-40H. The molecule has 304 valence electrons. The summed E-state index contributed by atoms with van der Waals surface area (Å²) in [6.07, 6.45) is 0. The zero-order valence-corrected chi connectivity index (χ0v) is 35.4. The second-order valence-electron chi connectivity index (χ2n) is 16.9. The van der Waals surface area contributed by atoms with Gasteiger partial charge in [-0.05, 0) is 128 Å². The van der Waals surface area contributed by atoms with Crippen molar-refractivity contribution in [1.29, 1.82) is 0 Å². The van der Waals surface area contributed by atoms with Crippen molar-refractivity contribution in [3.05, 3.63) is 243 Å². The molecule has 0 saturated heterocycles. The molecule has 2 heterocycles. The number of furan rings is 1. The summed E-state index contributed by atoms with van der Waals surface area (Å²) < 4.78 is 8.63. The highest BCUT2D eigenvalue weighted by atomic mass is 16.3. The lowest BCUT2D eigenvalue weighted by molar-refractivity contribution is 0.669. The zero-order chi connectivity index (χ0) is 42.8. The van der Waals surface area contributed by atoms with E-state index in [1.54, 1.807) is 0 Å². The molecular weight excluding hydrogens is 789 g/mol. The van der Waals surface area contributed by atoms with Gasteiger partial charge in [0.05, 0.1) is 16.7 Å². The van der Waals surface area contributed by atoms with Gasteiger partial charge in [-0.2, -0.15) is 0 Å². The van der Waals surface area contributed by atoms with E-state index in [0.29, 0.717) is 0 Å². The predicted octanol–water partition coefficient (Wildman–Crippen LogP) is 17.5. The van der Waals surface area contributed by atoms with E-state index in [9.17, 15) is 0 Å². The Morgan fingerprint density at radius 3 is 1.65 bits per heavy atom. The number of hydrogen-bond donors (Lipinski definition) is 0. The van der Waals surface area contributed by atoms with Gasteiger partial charge in [-0.15, -0.1) is 0 Å². The Morgan fingerprint density at radius 2 is 0.862 bits per heavy atom. The fourth-order valence-electron chi connectivity index (χ4n) is 10.1. The number of fused-ring (bicyclic) bond motifs is 9. The van der Waals surface area contributed by atoms with Crippen LogP contribution in [0.3, 0.4) is 0 Å². The predicted molar refractivity (Wildman–Crippen MR) is 274 cm³/mol. The first-order valence-electron chi connectivity index (χ1n) is 22.2. The highest BCUT2D eigenvalue weighted by Gasteiger charge is 2.19. The van der Waals surface area contributed by atoms with Gasteiger partial charge in [-0.3, -0.25) is 0 Å². The summed E-state index contributed by atoms with van der Waals surface area (Å²) in [4.78, 5) is 2.40. The Labute approximate surface area is 376 Å². The fourth-order valence-corrected chi connectivity index (χ4v) is 10.1. The Bertz CT molecular complexity index is 3900. The third-order valence-corrected chi connectivity index (χ3v) is 13.2. The SMILES string of the molecule is c1ccc(-c2ccccc2N(c2ccc(-c3cccc(-n4c5ccccc5c5ccccc54)c3)cc2)c2ccc3c(ccc4cc(-c5ccc6c(c5)oc5ccccc56)ccc43)c2)cc1. The summed E-state index contributed by atoms with van der Waals surface area (Å²) in [6, 6.07) is 87.8. The van der Waals surface area contributed by atoms with Crippen LogP contribution in [-0.4, -0.2) is 4.57 Å². The van der Waals surface area contributed by atoms with Gasteiger partial charge in [0.1, 0.15) is 11.2 Å². The molecule has 0 N–H and O–H groups in total. The Hall–Kier alpha value is -8.66. The lowest BCUT2D eigenvalue weighted by atomic mass is 9.96. The number of hydrogen-bond acceptors (Lipinski definition) is 2. The molecule has 3 nitrogen and oxygen atoms in total. The maximum absolute atomic E-state index is 6.25. The molecule has 0 atom stereocenters. The van der Waals surface area contributed by atoms with Gasteiger partial charge in [0.25, 0.3) is 0 Å². The monoisotopic (exact) mass is 828 g/mol. The summed E-state index contributed by atoms with van der Waals surface area (Å²) in [7, 11) is 0. The molecule has 0 spiro atoms. The average Bonchev–Trinajstić information content (AvgIpc) is 3.92. The van der Waals surface area contributed by atoms with Crippen molar-refractivity contribution in [3.63, 3.8) is 0 Å². The van der Waals surface area contributed by atoms with Gasteiger partial charge < -0.3 is 13.9 Å². The summed E-state index contributed by atoms with van der Waals surface area (Å²) in [5, 5.41) is 9.66. The highest BCUT2D eigenvalue weighted by Crippen LogP contribution is 2.43. The van der Waals surface area contributed by atoms with Crippen molar-refractivity contribution < 1.29 is 4.42 Å². The summed E-state index contributed by atoms with van der Waals surface area (Å²) in [5.74, 6) is 0. The molecule has 0 fully saturated rings. The molecular formula is C62H40N2O. The molecule has 0 aliphatic heterocycles. The Kier molecular flexibility index (Phi) is 8.53. The van der Waals surface area contributed by atoms with Crippen LogP contribution in [0.2, 0.25) is 0 Å². The number of para-hydroxylation sites is 4. The molecule has 13 aromatic rings. The summed E-state index contributed by atoms with van der Waals surface area (Å²) in [5.41, 5.74) is 15.7. The minimum atomic E-state index is 0.910. The van der Waals surface area contributed by atoms with Crippen LogP contribution >= 0.6 is 0 Å². The molecule has 2 aromatic heterocycles. The topological polar surface area (TPSA) is 21.3 Å². The number of nitrogens with zero attached hydrogens (tertiary/aromatic N) is 2. The quantitative estimate of drug-likeness (QED) is 0.149. The molecule has 0 aliphatic rings. The highest BCUT2D eigenvalue weighted by molar-refractivity contribution is 6.11. The molecule has 65 heavy (non-hydrogen) atoms. The lowest BCUT2D eigenvalue weighted by Crippen LogP contribution is -2.11. The second kappa shape index (κ2) is 15.0. The smallest absolute Gasteiger partial charge is 0.136 e. The Morgan fingerprint density at radius 1 is 0.308 bits per heavy atom. The van der Waals surface area contributed by atoms with E-state index in [1.165, 1.54) is 65.6 Å². The van der Waals surface area contributed by atoms with Crippen LogP contribution in [0.5, 0.6) is 0 Å². The van der Waals surface area contributed by atoms with Gasteiger partial charge in [0.15, 0.2) is 0 Å². The third-order valence-electron chi connectivity index (χ3n) is 13.2. The third kappa shape index (κ3) is 6.20. The normalized spacial score (nSPS) is 11.7. The zero-order valence-electron chi connectivity index (χ0n) is 35.4. The van der Waals surface area contributed by atoms with Crippen molar-refractivity contribution in [2.24, 2.45) is 0 Å². The van der Waals surface area contributed by atoms with E-state index in [2.05, 4.69) is 240 Å². The summed E-state index contributed by atoms with van der Waals surface area (Å²) >= 11 is 0. The van der Waals surface area contributed by atoms with Crippen molar-refractivity contribution in [1.82, 2.24) is 4.57 Å². The Balaban J connectivity index is 0.893. The molecule has 3 heteroatoms. The van der Waals surface area contributed by atoms with Crippen LogP contribution in [0.1, 0.15) is 0 Å². The first kappa shape index (κ1) is 36.9. The molecule has 0 saturated carbocycles. The van der Waals surface area contributed by atoms with Crippen LogP contribution in [0, 0.1) is 0 Å². The second-order valence-corrected chi connectivity index (χ2v) is 16.9. The van der Waals surface area contributed by atoms with Gasteiger partial charge in [0, 0.05) is 44.2 Å². The van der Waals surface area contributed by atoms with E-state index in [1.807, 2.05) is 12.1 Å². The molecule has 0 radical (unpaired) electrons.